The van der Waals surface area contributed by atoms with Crippen molar-refractivity contribution >= 4 is 29.1 Å². The quantitative estimate of drug-likeness (QED) is 0.402. The predicted molar refractivity (Wildman–Crippen MR) is 147 cm³/mol. The van der Waals surface area contributed by atoms with Crippen molar-refractivity contribution in [2.75, 3.05) is 19.8 Å². The van der Waals surface area contributed by atoms with Gasteiger partial charge in [0.2, 0.25) is 0 Å². The summed E-state index contributed by atoms with van der Waals surface area (Å²) in [5.74, 6) is -0.471. The molecule has 1 aliphatic heterocycles. The fraction of sp³-hybridized carbons (Fsp3) is 0.467. The lowest BCUT2D eigenvalue weighted by molar-refractivity contribution is -0.146. The minimum atomic E-state index is -0.769. The van der Waals surface area contributed by atoms with E-state index in [1.807, 2.05) is 39.8 Å². The molecular weight excluding hydrogens is 490 g/mol. The number of amides is 1. The first-order valence-electron chi connectivity index (χ1n) is 12.6. The summed E-state index contributed by atoms with van der Waals surface area (Å²) < 4.78 is 17.0. The van der Waals surface area contributed by atoms with Crippen molar-refractivity contribution in [3.05, 3.63) is 63.9 Å². The van der Waals surface area contributed by atoms with Gasteiger partial charge in [-0.3, -0.25) is 4.79 Å². The maximum Gasteiger partial charge on any atom is 0.337 e. The van der Waals surface area contributed by atoms with Gasteiger partial charge in [-0.25, -0.2) is 4.79 Å². The predicted octanol–water partition coefficient (Wildman–Crippen LogP) is 6.40. The smallest absolute Gasteiger partial charge is 0.337 e. The Morgan fingerprint density at radius 2 is 1.73 bits per heavy atom. The standard InChI is InChI=1S/C29H34ClNO5.CH4/c1-5-34-17-25(32)36-27-26(28(33)31-29(27)13-11-21(12-14-29)35-6-2)23-15-19(4)22(16-24(23)30)20-9-7-18(3)8-10-20;/h7-10,15-16,21H,5-6,11-14,17H2,1-4H3,(H,31,33);1H4. The second-order valence-corrected chi connectivity index (χ2v) is 9.93. The van der Waals surface area contributed by atoms with Crippen molar-refractivity contribution in [2.45, 2.75) is 72.4 Å². The lowest BCUT2D eigenvalue weighted by Crippen LogP contribution is -2.49. The fourth-order valence-corrected chi connectivity index (χ4v) is 5.41. The number of esters is 1. The van der Waals surface area contributed by atoms with Crippen LogP contribution in [0.1, 0.15) is 63.6 Å². The minimum absolute atomic E-state index is 0. The molecule has 4 rings (SSSR count). The maximum atomic E-state index is 13.4. The number of benzene rings is 2. The van der Waals surface area contributed by atoms with Crippen LogP contribution in [0.3, 0.4) is 0 Å². The molecule has 1 fully saturated rings. The van der Waals surface area contributed by atoms with Gasteiger partial charge >= 0.3 is 5.97 Å². The molecule has 37 heavy (non-hydrogen) atoms. The highest BCUT2D eigenvalue weighted by Gasteiger charge is 2.50. The molecular formula is C30H38ClNO5. The Labute approximate surface area is 225 Å². The van der Waals surface area contributed by atoms with Crippen LogP contribution in [0.4, 0.5) is 0 Å². The molecule has 0 radical (unpaired) electrons. The van der Waals surface area contributed by atoms with E-state index in [9.17, 15) is 9.59 Å². The van der Waals surface area contributed by atoms with E-state index < -0.39 is 11.5 Å². The van der Waals surface area contributed by atoms with Gasteiger partial charge in [-0.2, -0.15) is 0 Å². The Morgan fingerprint density at radius 1 is 1.05 bits per heavy atom. The summed E-state index contributed by atoms with van der Waals surface area (Å²) in [7, 11) is 0. The van der Waals surface area contributed by atoms with Crippen molar-refractivity contribution in [2.24, 2.45) is 0 Å². The number of hydrogen-bond acceptors (Lipinski definition) is 5. The molecule has 0 unspecified atom stereocenters. The highest BCUT2D eigenvalue weighted by molar-refractivity contribution is 6.36. The van der Waals surface area contributed by atoms with Crippen LogP contribution in [-0.4, -0.2) is 43.3 Å². The average Bonchev–Trinajstić information content (AvgIpc) is 3.11. The molecule has 0 bridgehead atoms. The molecule has 6 nitrogen and oxygen atoms in total. The van der Waals surface area contributed by atoms with E-state index in [-0.39, 0.29) is 26.0 Å². The second kappa shape index (κ2) is 12.2. The number of halogens is 1. The Hall–Kier alpha value is -2.67. The largest absolute Gasteiger partial charge is 0.426 e. The van der Waals surface area contributed by atoms with Crippen LogP contribution >= 0.6 is 11.6 Å². The number of nitrogens with one attached hydrogen (secondary N) is 1. The van der Waals surface area contributed by atoms with Crippen molar-refractivity contribution in [3.63, 3.8) is 0 Å². The van der Waals surface area contributed by atoms with E-state index in [1.165, 1.54) is 5.56 Å². The van der Waals surface area contributed by atoms with Crippen LogP contribution in [0.5, 0.6) is 0 Å². The number of aryl methyl sites for hydroxylation is 2. The number of hydrogen-bond donors (Lipinski definition) is 1. The van der Waals surface area contributed by atoms with Gasteiger partial charge in [0.15, 0.2) is 0 Å². The number of carbonyl (C=O) groups excluding carboxylic acids is 2. The summed E-state index contributed by atoms with van der Waals surface area (Å²) in [6.45, 7) is 8.68. The second-order valence-electron chi connectivity index (χ2n) is 9.52. The number of rotatable bonds is 8. The monoisotopic (exact) mass is 527 g/mol. The molecule has 1 amide bonds. The summed E-state index contributed by atoms with van der Waals surface area (Å²) >= 11 is 6.81. The Morgan fingerprint density at radius 3 is 2.35 bits per heavy atom. The van der Waals surface area contributed by atoms with E-state index in [2.05, 4.69) is 29.6 Å². The molecule has 2 aliphatic rings. The van der Waals surface area contributed by atoms with E-state index in [1.54, 1.807) is 0 Å². The first-order valence-corrected chi connectivity index (χ1v) is 13.0. The van der Waals surface area contributed by atoms with Gasteiger partial charge in [0, 0.05) is 23.8 Å². The highest BCUT2D eigenvalue weighted by atomic mass is 35.5. The summed E-state index contributed by atoms with van der Waals surface area (Å²) in [6.07, 6.45) is 2.87. The molecule has 1 N–H and O–H groups in total. The van der Waals surface area contributed by atoms with Gasteiger partial charge in [0.25, 0.3) is 5.91 Å². The lowest BCUT2D eigenvalue weighted by atomic mass is 9.79. The first-order chi connectivity index (χ1) is 17.3. The molecule has 0 aromatic heterocycles. The van der Waals surface area contributed by atoms with Gasteiger partial charge in [-0.15, -0.1) is 0 Å². The third-order valence-corrected chi connectivity index (χ3v) is 7.33. The van der Waals surface area contributed by atoms with Gasteiger partial charge < -0.3 is 19.5 Å². The zero-order chi connectivity index (χ0) is 25.9. The van der Waals surface area contributed by atoms with Crippen LogP contribution in [0, 0.1) is 13.8 Å². The SMILES string of the molecule is C.CCOCC(=O)OC1=C(c2cc(C)c(-c3ccc(C)cc3)cc2Cl)C(=O)NC12CCC(OCC)CC2. The Kier molecular flexibility index (Phi) is 9.57. The number of carbonyl (C=O) groups is 2. The van der Waals surface area contributed by atoms with Gasteiger partial charge in [-0.05, 0) is 82.2 Å². The molecule has 0 saturated heterocycles. The normalized spacial score (nSPS) is 21.1. The van der Waals surface area contributed by atoms with Crippen LogP contribution < -0.4 is 5.32 Å². The molecule has 1 aliphatic carbocycles. The molecule has 1 saturated carbocycles. The van der Waals surface area contributed by atoms with Gasteiger partial charge in [-0.1, -0.05) is 48.9 Å². The van der Waals surface area contributed by atoms with E-state index in [4.69, 9.17) is 25.8 Å². The van der Waals surface area contributed by atoms with Gasteiger partial charge in [0.05, 0.1) is 17.2 Å². The van der Waals surface area contributed by atoms with Crippen molar-refractivity contribution in [1.29, 1.82) is 0 Å². The van der Waals surface area contributed by atoms with Gasteiger partial charge in [0.1, 0.15) is 12.4 Å². The highest BCUT2D eigenvalue weighted by Crippen LogP contribution is 2.45. The fourth-order valence-electron chi connectivity index (χ4n) is 5.16. The summed E-state index contributed by atoms with van der Waals surface area (Å²) in [5, 5.41) is 3.58. The summed E-state index contributed by atoms with van der Waals surface area (Å²) in [6, 6.07) is 12.0. The van der Waals surface area contributed by atoms with E-state index in [0.29, 0.717) is 48.0 Å². The van der Waals surface area contributed by atoms with Crippen LogP contribution in [0.2, 0.25) is 5.02 Å². The van der Waals surface area contributed by atoms with Crippen LogP contribution in [0.15, 0.2) is 42.2 Å². The summed E-state index contributed by atoms with van der Waals surface area (Å²) in [5.41, 5.74) is 4.29. The first kappa shape index (κ1) is 28.9. The van der Waals surface area contributed by atoms with E-state index in [0.717, 1.165) is 29.5 Å². The molecule has 2 aromatic carbocycles. The van der Waals surface area contributed by atoms with Crippen molar-refractivity contribution in [3.8, 4) is 11.1 Å². The molecule has 1 spiro atoms. The average molecular weight is 528 g/mol. The Balaban J connectivity index is 0.00000380. The molecule has 1 heterocycles. The lowest BCUT2D eigenvalue weighted by Gasteiger charge is -2.38. The van der Waals surface area contributed by atoms with E-state index >= 15 is 0 Å². The molecule has 7 heteroatoms. The molecule has 2 aromatic rings. The van der Waals surface area contributed by atoms with Crippen LogP contribution in [0.25, 0.3) is 16.7 Å². The zero-order valence-electron chi connectivity index (χ0n) is 21.4. The van der Waals surface area contributed by atoms with Crippen molar-refractivity contribution in [1.82, 2.24) is 5.32 Å². The topological polar surface area (TPSA) is 73.9 Å². The molecule has 0 atom stereocenters. The third-order valence-electron chi connectivity index (χ3n) is 7.02. The number of ether oxygens (including phenoxy) is 3. The summed E-state index contributed by atoms with van der Waals surface area (Å²) in [4.78, 5) is 26.1. The minimum Gasteiger partial charge on any atom is -0.426 e. The Bertz CT molecular complexity index is 1160. The third kappa shape index (κ3) is 6.08. The maximum absolute atomic E-state index is 13.4. The zero-order valence-corrected chi connectivity index (χ0v) is 22.2. The van der Waals surface area contributed by atoms with Crippen molar-refractivity contribution < 1.29 is 23.8 Å². The molecule has 200 valence electrons. The van der Waals surface area contributed by atoms with Crippen LogP contribution in [-0.2, 0) is 23.8 Å².